The number of hydrogen-bond donors (Lipinski definition) is 0. The fourth-order valence-corrected chi connectivity index (χ4v) is 3.47. The predicted molar refractivity (Wildman–Crippen MR) is 89.2 cm³/mol. The number of rotatable bonds is 4. The summed E-state index contributed by atoms with van der Waals surface area (Å²) in [5.41, 5.74) is -11.1. The van der Waals surface area contributed by atoms with Crippen LogP contribution in [0.4, 0.5) is 26.3 Å². The average Bonchev–Trinajstić information content (AvgIpc) is 2.85. The van der Waals surface area contributed by atoms with Crippen molar-refractivity contribution >= 4 is 20.0 Å². The Balaban J connectivity index is 0.000000290. The van der Waals surface area contributed by atoms with Crippen LogP contribution in [0.1, 0.15) is 11.4 Å². The van der Waals surface area contributed by atoms with E-state index in [1.807, 2.05) is 6.07 Å². The predicted octanol–water partition coefficient (Wildman–Crippen LogP) is 2.73. The molecule has 7 nitrogen and oxygen atoms in total. The maximum Gasteiger partial charge on any atom is 0.480 e. The Kier molecular flexibility index (Phi) is 7.48. The molecule has 2 aromatic rings. The second kappa shape index (κ2) is 8.71. The number of aromatic nitrogens is 2. The number of sulfonamides is 2. The Hall–Kier alpha value is -2.13. The molecule has 0 N–H and O–H groups in total. The largest absolute Gasteiger partial charge is 0.480 e. The lowest BCUT2D eigenvalue weighted by Gasteiger charge is -2.22. The second-order valence-corrected chi connectivity index (χ2v) is 8.91. The first-order chi connectivity index (χ1) is 13.0. The number of benzene rings is 1. The Labute approximate surface area is 162 Å². The third kappa shape index (κ3) is 6.71. The van der Waals surface area contributed by atoms with E-state index in [-0.39, 0.29) is 0 Å². The Bertz CT molecular complexity index is 988. The van der Waals surface area contributed by atoms with E-state index >= 15 is 0 Å². The molecule has 0 atom stereocenters. The molecule has 0 amide bonds. The van der Waals surface area contributed by atoms with Crippen LogP contribution in [-0.2, 0) is 33.6 Å². The zero-order valence-corrected chi connectivity index (χ0v) is 16.4. The first-order valence-corrected chi connectivity index (χ1v) is 10.3. The fourth-order valence-electron chi connectivity index (χ4n) is 1.76. The van der Waals surface area contributed by atoms with Gasteiger partial charge >= 0.3 is 11.0 Å². The van der Waals surface area contributed by atoms with Gasteiger partial charge in [-0.1, -0.05) is 30.3 Å². The van der Waals surface area contributed by atoms with Crippen molar-refractivity contribution in [3.05, 3.63) is 58.2 Å². The van der Waals surface area contributed by atoms with Gasteiger partial charge in [0.2, 0.25) is 0 Å². The normalized spacial score (nSPS) is 13.0. The topological polar surface area (TPSA) is 91.2 Å². The summed E-state index contributed by atoms with van der Waals surface area (Å²) in [4.78, 5) is 0. The molecule has 0 aliphatic heterocycles. The van der Waals surface area contributed by atoms with Gasteiger partial charge in [-0.15, -0.1) is 0 Å². The van der Waals surface area contributed by atoms with E-state index < -0.39 is 31.1 Å². The molecule has 2 rings (SSSR count). The summed E-state index contributed by atoms with van der Waals surface area (Å²) in [6.07, 6.45) is 4.20. The van der Waals surface area contributed by atoms with Gasteiger partial charge in [0.05, 0.1) is 7.05 Å². The molecular weight excluding hydrogens is 452 g/mol. The van der Waals surface area contributed by atoms with Crippen LogP contribution < -0.4 is 4.57 Å². The van der Waals surface area contributed by atoms with Crippen molar-refractivity contribution in [2.75, 3.05) is 0 Å². The van der Waals surface area contributed by atoms with Crippen molar-refractivity contribution < 1.29 is 47.7 Å². The molecule has 1 aromatic carbocycles. The molecule has 29 heavy (non-hydrogen) atoms. The van der Waals surface area contributed by atoms with Crippen molar-refractivity contribution in [2.45, 2.75) is 24.5 Å². The molecule has 0 aliphatic rings. The third-order valence-electron chi connectivity index (χ3n) is 3.37. The number of imidazole rings is 1. The fraction of sp³-hybridized carbons (Fsp3) is 0.357. The zero-order valence-electron chi connectivity index (χ0n) is 14.8. The van der Waals surface area contributed by atoms with Crippen molar-refractivity contribution in [1.82, 2.24) is 4.57 Å². The van der Waals surface area contributed by atoms with Crippen molar-refractivity contribution in [3.8, 4) is 0 Å². The van der Waals surface area contributed by atoms with Crippen LogP contribution in [0.25, 0.3) is 4.13 Å². The van der Waals surface area contributed by atoms with Gasteiger partial charge in [-0.05, 0) is 5.56 Å². The van der Waals surface area contributed by atoms with Crippen LogP contribution >= 0.6 is 0 Å². The zero-order chi connectivity index (χ0) is 22.7. The second-order valence-electron chi connectivity index (χ2n) is 5.49. The minimum absolute atomic E-state index is 0.778. The molecule has 164 valence electrons. The van der Waals surface area contributed by atoms with Crippen molar-refractivity contribution in [2.24, 2.45) is 7.05 Å². The first kappa shape index (κ1) is 24.9. The monoisotopic (exact) mass is 467 g/mol. The summed E-state index contributed by atoms with van der Waals surface area (Å²) in [5.74, 6) is 1.27. The van der Waals surface area contributed by atoms with E-state index in [4.69, 9.17) is 0 Å². The molecular formula is C14H15F6N3O4S2. The minimum atomic E-state index is -6.72. The highest BCUT2D eigenvalue weighted by Gasteiger charge is 2.46. The van der Waals surface area contributed by atoms with Gasteiger partial charge < -0.3 is 4.13 Å². The molecule has 0 bridgehead atoms. The smallest absolute Gasteiger partial charge is 0.421 e. The molecule has 0 aliphatic carbocycles. The summed E-state index contributed by atoms with van der Waals surface area (Å²) in [7, 11) is -11.4. The molecule has 0 radical (unpaired) electrons. The van der Waals surface area contributed by atoms with Gasteiger partial charge in [0.25, 0.3) is 5.82 Å². The molecule has 0 spiro atoms. The van der Waals surface area contributed by atoms with Crippen LogP contribution in [0.15, 0.2) is 42.7 Å². The summed E-state index contributed by atoms with van der Waals surface area (Å²) in [6, 6.07) is 10.5. The van der Waals surface area contributed by atoms with Gasteiger partial charge in [-0.25, -0.2) is 26.0 Å². The van der Waals surface area contributed by atoms with Crippen LogP contribution in [0, 0.1) is 6.92 Å². The maximum atomic E-state index is 11.4. The highest BCUT2D eigenvalue weighted by molar-refractivity contribution is 8.13. The van der Waals surface area contributed by atoms with Gasteiger partial charge in [-0.3, -0.25) is 0 Å². The molecule has 1 heterocycles. The Morgan fingerprint density at radius 1 is 0.931 bits per heavy atom. The number of halogens is 6. The molecule has 0 saturated heterocycles. The number of hydrogen-bond acceptors (Lipinski definition) is 4. The van der Waals surface area contributed by atoms with Gasteiger partial charge in [-0.2, -0.15) is 26.3 Å². The lowest BCUT2D eigenvalue weighted by atomic mass is 10.2. The molecule has 0 unspecified atom stereocenters. The van der Waals surface area contributed by atoms with E-state index in [0.29, 0.717) is 0 Å². The number of nitrogens with zero attached hydrogens (tertiary/aromatic N) is 3. The Morgan fingerprint density at radius 3 is 1.72 bits per heavy atom. The van der Waals surface area contributed by atoms with Crippen LogP contribution in [0.2, 0.25) is 0 Å². The quantitative estimate of drug-likeness (QED) is 0.511. The number of alkyl halides is 6. The van der Waals surface area contributed by atoms with E-state index in [2.05, 4.69) is 59.8 Å². The third-order valence-corrected chi connectivity index (χ3v) is 6.11. The van der Waals surface area contributed by atoms with Gasteiger partial charge in [0.15, 0.2) is 20.0 Å². The lowest BCUT2D eigenvalue weighted by Crippen LogP contribution is -2.30. The van der Waals surface area contributed by atoms with E-state index in [1.54, 1.807) is 0 Å². The standard InChI is InChI=1S/C12H15N2.C2F6NO4S2/c1-11-13(2)8-9-14(11)10-12-6-4-3-5-7-12;3-1(4,5)14(10,11)9-15(12,13)2(6,7)8/h3-9H,10H2,1-2H3;/q+1;-1. The van der Waals surface area contributed by atoms with Crippen molar-refractivity contribution in [1.29, 1.82) is 0 Å². The maximum absolute atomic E-state index is 11.4. The summed E-state index contributed by atoms with van der Waals surface area (Å²) in [5, 5.41) is 0. The SMILES string of the molecule is Cc1n(Cc2ccccc2)cc[n+]1C.O=S(=O)([N-]S(=O)(=O)C(F)(F)F)C(F)(F)F. The van der Waals surface area contributed by atoms with E-state index in [0.717, 1.165) is 10.7 Å². The van der Waals surface area contributed by atoms with Crippen LogP contribution in [-0.4, -0.2) is 32.4 Å². The summed E-state index contributed by atoms with van der Waals surface area (Å²) >= 11 is 0. The molecule has 0 fully saturated rings. The van der Waals surface area contributed by atoms with E-state index in [1.165, 1.54) is 11.4 Å². The summed E-state index contributed by atoms with van der Waals surface area (Å²) in [6.45, 7) is 3.08. The molecule has 15 heteroatoms. The van der Waals surface area contributed by atoms with Gasteiger partial charge in [0, 0.05) is 6.92 Å². The van der Waals surface area contributed by atoms with Gasteiger partial charge in [0.1, 0.15) is 18.9 Å². The minimum Gasteiger partial charge on any atom is -0.421 e. The average molecular weight is 467 g/mol. The Morgan fingerprint density at radius 2 is 1.38 bits per heavy atom. The highest BCUT2D eigenvalue weighted by atomic mass is 32.3. The summed E-state index contributed by atoms with van der Waals surface area (Å²) < 4.78 is 114. The first-order valence-electron chi connectivity index (χ1n) is 7.40. The highest BCUT2D eigenvalue weighted by Crippen LogP contribution is 2.36. The van der Waals surface area contributed by atoms with Crippen LogP contribution in [0.5, 0.6) is 0 Å². The molecule has 0 saturated carbocycles. The van der Waals surface area contributed by atoms with E-state index in [9.17, 15) is 43.2 Å². The van der Waals surface area contributed by atoms with Crippen LogP contribution in [0.3, 0.4) is 0 Å². The molecule has 1 aromatic heterocycles. The number of aryl methyl sites for hydroxylation is 1. The lowest BCUT2D eigenvalue weighted by molar-refractivity contribution is -0.677. The van der Waals surface area contributed by atoms with Crippen molar-refractivity contribution in [3.63, 3.8) is 0 Å².